The summed E-state index contributed by atoms with van der Waals surface area (Å²) in [5, 5.41) is 3.70. The van der Waals surface area contributed by atoms with Gasteiger partial charge in [0.2, 0.25) is 0 Å². The van der Waals surface area contributed by atoms with Gasteiger partial charge in [-0.05, 0) is 33.6 Å². The zero-order chi connectivity index (χ0) is 11.4. The second-order valence-electron chi connectivity index (χ2n) is 3.21. The molecule has 0 saturated heterocycles. The summed E-state index contributed by atoms with van der Waals surface area (Å²) in [6.07, 6.45) is 5.28. The summed E-state index contributed by atoms with van der Waals surface area (Å²) in [4.78, 5) is 8.07. The van der Waals surface area contributed by atoms with Gasteiger partial charge in [-0.1, -0.05) is 17.7 Å². The van der Waals surface area contributed by atoms with Gasteiger partial charge in [0.15, 0.2) is 0 Å². The van der Waals surface area contributed by atoms with Crippen molar-refractivity contribution in [2.24, 2.45) is 0 Å². The van der Waals surface area contributed by atoms with Crippen molar-refractivity contribution in [2.75, 3.05) is 5.32 Å². The highest BCUT2D eigenvalue weighted by atomic mass is 79.9. The van der Waals surface area contributed by atoms with E-state index in [-0.39, 0.29) is 0 Å². The van der Waals surface area contributed by atoms with Gasteiger partial charge in [0.05, 0.1) is 16.4 Å². The standard InChI is InChI=1S/C11H9BrClN3/c12-10-4-9(7-16-11(10)13)15-6-8-2-1-3-14-5-8/h1-5,7,15H,6H2. The number of halogens is 2. The molecule has 0 aromatic carbocycles. The first kappa shape index (κ1) is 11.4. The van der Waals surface area contributed by atoms with Crippen molar-refractivity contribution in [2.45, 2.75) is 6.54 Å². The number of hydrogen-bond donors (Lipinski definition) is 1. The topological polar surface area (TPSA) is 37.8 Å². The normalized spacial score (nSPS) is 10.1. The number of hydrogen-bond acceptors (Lipinski definition) is 3. The number of nitrogens with zero attached hydrogens (tertiary/aromatic N) is 2. The fourth-order valence-corrected chi connectivity index (χ4v) is 1.68. The van der Waals surface area contributed by atoms with Crippen LogP contribution in [0.3, 0.4) is 0 Å². The van der Waals surface area contributed by atoms with E-state index in [0.29, 0.717) is 11.7 Å². The first-order valence-corrected chi connectivity index (χ1v) is 5.86. The molecule has 1 N–H and O–H groups in total. The van der Waals surface area contributed by atoms with Crippen LogP contribution in [0.4, 0.5) is 5.69 Å². The Labute approximate surface area is 107 Å². The smallest absolute Gasteiger partial charge is 0.143 e. The van der Waals surface area contributed by atoms with Crippen molar-refractivity contribution in [3.05, 3.63) is 52.0 Å². The molecule has 2 aromatic rings. The van der Waals surface area contributed by atoms with Crippen molar-refractivity contribution in [1.82, 2.24) is 9.97 Å². The second-order valence-corrected chi connectivity index (χ2v) is 4.42. The van der Waals surface area contributed by atoms with Crippen LogP contribution in [0.1, 0.15) is 5.56 Å². The lowest BCUT2D eigenvalue weighted by Gasteiger charge is -2.06. The highest BCUT2D eigenvalue weighted by Gasteiger charge is 2.00. The third-order valence-corrected chi connectivity index (χ3v) is 3.15. The molecule has 0 aliphatic carbocycles. The van der Waals surface area contributed by atoms with Crippen molar-refractivity contribution >= 4 is 33.2 Å². The minimum absolute atomic E-state index is 0.465. The van der Waals surface area contributed by atoms with E-state index >= 15 is 0 Å². The van der Waals surface area contributed by atoms with Crippen LogP contribution in [-0.2, 0) is 6.54 Å². The van der Waals surface area contributed by atoms with Crippen LogP contribution >= 0.6 is 27.5 Å². The monoisotopic (exact) mass is 297 g/mol. The zero-order valence-electron chi connectivity index (χ0n) is 8.32. The lowest BCUT2D eigenvalue weighted by Crippen LogP contribution is -2.00. The molecule has 16 heavy (non-hydrogen) atoms. The highest BCUT2D eigenvalue weighted by molar-refractivity contribution is 9.10. The maximum Gasteiger partial charge on any atom is 0.143 e. The molecule has 0 fully saturated rings. The van der Waals surface area contributed by atoms with Crippen molar-refractivity contribution < 1.29 is 0 Å². The number of rotatable bonds is 3. The molecule has 0 aliphatic heterocycles. The molecule has 0 saturated carbocycles. The Hall–Kier alpha value is -1.13. The highest BCUT2D eigenvalue weighted by Crippen LogP contribution is 2.22. The minimum atomic E-state index is 0.465. The summed E-state index contributed by atoms with van der Waals surface area (Å²) < 4.78 is 0.783. The van der Waals surface area contributed by atoms with E-state index in [2.05, 4.69) is 31.2 Å². The SMILES string of the molecule is Clc1ncc(NCc2cccnc2)cc1Br. The van der Waals surface area contributed by atoms with E-state index in [4.69, 9.17) is 11.6 Å². The van der Waals surface area contributed by atoms with Crippen LogP contribution in [0.5, 0.6) is 0 Å². The summed E-state index contributed by atoms with van der Waals surface area (Å²) in [6, 6.07) is 5.82. The van der Waals surface area contributed by atoms with Crippen molar-refractivity contribution in [1.29, 1.82) is 0 Å². The lowest BCUT2D eigenvalue weighted by molar-refractivity contribution is 1.10. The predicted molar refractivity (Wildman–Crippen MR) is 68.5 cm³/mol. The Bertz CT molecular complexity index is 476. The molecule has 2 aromatic heterocycles. The second kappa shape index (κ2) is 5.27. The Morgan fingerprint density at radius 3 is 2.94 bits per heavy atom. The summed E-state index contributed by atoms with van der Waals surface area (Å²) in [6.45, 7) is 0.712. The molecule has 3 nitrogen and oxygen atoms in total. The van der Waals surface area contributed by atoms with E-state index in [1.54, 1.807) is 12.4 Å². The molecular formula is C11H9BrClN3. The summed E-state index contributed by atoms with van der Waals surface area (Å²) in [7, 11) is 0. The van der Waals surface area contributed by atoms with Crippen LogP contribution in [-0.4, -0.2) is 9.97 Å². The lowest BCUT2D eigenvalue weighted by atomic mass is 10.3. The van der Waals surface area contributed by atoms with E-state index in [9.17, 15) is 0 Å². The Kier molecular flexibility index (Phi) is 3.74. The molecular weight excluding hydrogens is 289 g/mol. The number of aromatic nitrogens is 2. The Morgan fingerprint density at radius 1 is 1.38 bits per heavy atom. The van der Waals surface area contributed by atoms with Gasteiger partial charge in [-0.3, -0.25) is 4.98 Å². The van der Waals surface area contributed by atoms with Crippen LogP contribution in [0.15, 0.2) is 41.3 Å². The van der Waals surface area contributed by atoms with Crippen molar-refractivity contribution in [3.8, 4) is 0 Å². The summed E-state index contributed by atoms with van der Waals surface area (Å²) in [5.74, 6) is 0. The van der Waals surface area contributed by atoms with Crippen LogP contribution in [0.2, 0.25) is 5.15 Å². The number of nitrogens with one attached hydrogen (secondary N) is 1. The molecule has 0 amide bonds. The molecule has 2 heterocycles. The van der Waals surface area contributed by atoms with Gasteiger partial charge < -0.3 is 5.32 Å². The fraction of sp³-hybridized carbons (Fsp3) is 0.0909. The quantitative estimate of drug-likeness (QED) is 0.881. The molecule has 2 rings (SSSR count). The predicted octanol–water partition coefficient (Wildman–Crippen LogP) is 3.50. The van der Waals surface area contributed by atoms with Gasteiger partial charge in [0, 0.05) is 18.9 Å². The number of anilines is 1. The van der Waals surface area contributed by atoms with Gasteiger partial charge in [0.25, 0.3) is 0 Å². The van der Waals surface area contributed by atoms with Crippen LogP contribution in [0, 0.1) is 0 Å². The zero-order valence-corrected chi connectivity index (χ0v) is 10.7. The molecule has 0 spiro atoms. The van der Waals surface area contributed by atoms with Gasteiger partial charge in [-0.25, -0.2) is 4.98 Å². The summed E-state index contributed by atoms with van der Waals surface area (Å²) >= 11 is 9.13. The molecule has 0 bridgehead atoms. The molecule has 0 unspecified atom stereocenters. The van der Waals surface area contributed by atoms with E-state index in [1.807, 2.05) is 24.4 Å². The molecule has 5 heteroatoms. The molecule has 0 radical (unpaired) electrons. The minimum Gasteiger partial charge on any atom is -0.380 e. The molecule has 0 aliphatic rings. The first-order chi connectivity index (χ1) is 7.75. The maximum absolute atomic E-state index is 5.80. The van der Waals surface area contributed by atoms with E-state index in [1.165, 1.54) is 0 Å². The molecule has 82 valence electrons. The third-order valence-electron chi connectivity index (χ3n) is 2.02. The number of pyridine rings is 2. The average molecular weight is 299 g/mol. The first-order valence-electron chi connectivity index (χ1n) is 4.69. The van der Waals surface area contributed by atoms with Gasteiger partial charge in [-0.2, -0.15) is 0 Å². The largest absolute Gasteiger partial charge is 0.380 e. The van der Waals surface area contributed by atoms with Gasteiger partial charge in [-0.15, -0.1) is 0 Å². The van der Waals surface area contributed by atoms with Crippen LogP contribution < -0.4 is 5.32 Å². The van der Waals surface area contributed by atoms with Gasteiger partial charge >= 0.3 is 0 Å². The van der Waals surface area contributed by atoms with E-state index in [0.717, 1.165) is 15.7 Å². The average Bonchev–Trinajstić information content (AvgIpc) is 2.32. The van der Waals surface area contributed by atoms with Crippen molar-refractivity contribution in [3.63, 3.8) is 0 Å². The Balaban J connectivity index is 2.03. The van der Waals surface area contributed by atoms with Crippen LogP contribution in [0.25, 0.3) is 0 Å². The third kappa shape index (κ3) is 2.93. The fourth-order valence-electron chi connectivity index (χ4n) is 1.22. The van der Waals surface area contributed by atoms with Gasteiger partial charge in [0.1, 0.15) is 5.15 Å². The Morgan fingerprint density at radius 2 is 2.25 bits per heavy atom. The summed E-state index contributed by atoms with van der Waals surface area (Å²) in [5.41, 5.74) is 2.04. The van der Waals surface area contributed by atoms with E-state index < -0.39 is 0 Å². The molecule has 0 atom stereocenters. The maximum atomic E-state index is 5.80.